The lowest BCUT2D eigenvalue weighted by molar-refractivity contribution is 0.870. The highest BCUT2D eigenvalue weighted by Crippen LogP contribution is 2.23. The fourth-order valence-electron chi connectivity index (χ4n) is 1.67. The fourth-order valence-corrected chi connectivity index (χ4v) is 2.21. The van der Waals surface area contributed by atoms with Gasteiger partial charge in [-0.2, -0.15) is 0 Å². The number of halogens is 1. The van der Waals surface area contributed by atoms with Crippen LogP contribution in [0.4, 0.5) is 0 Å². The first kappa shape index (κ1) is 12.5. The van der Waals surface area contributed by atoms with E-state index in [4.69, 9.17) is 17.3 Å². The zero-order valence-corrected chi connectivity index (χ0v) is 11.1. The molecule has 0 spiro atoms. The van der Waals surface area contributed by atoms with Crippen LogP contribution in [0.1, 0.15) is 17.2 Å². The second-order valence-corrected chi connectivity index (χ2v) is 5.12. The van der Waals surface area contributed by atoms with E-state index in [-0.39, 0.29) is 6.04 Å². The highest BCUT2D eigenvalue weighted by Gasteiger charge is 2.08. The van der Waals surface area contributed by atoms with E-state index < -0.39 is 0 Å². The Balaban J connectivity index is 2.23. The van der Waals surface area contributed by atoms with Crippen LogP contribution in [0.25, 0.3) is 0 Å². The van der Waals surface area contributed by atoms with E-state index in [1.807, 2.05) is 24.3 Å². The topological polar surface area (TPSA) is 26.0 Å². The minimum atomic E-state index is -0.0943. The van der Waals surface area contributed by atoms with E-state index in [1.165, 1.54) is 4.90 Å². The molecule has 0 aromatic heterocycles. The molecule has 17 heavy (non-hydrogen) atoms. The van der Waals surface area contributed by atoms with E-state index in [0.29, 0.717) is 0 Å². The van der Waals surface area contributed by atoms with Crippen LogP contribution >= 0.6 is 23.4 Å². The second kappa shape index (κ2) is 5.58. The number of hydrogen-bond donors (Lipinski definition) is 1. The van der Waals surface area contributed by atoms with Crippen molar-refractivity contribution >= 4 is 23.4 Å². The molecular weight excluding hydrogens is 250 g/mol. The molecule has 0 aliphatic rings. The maximum Gasteiger partial charge on any atom is 0.0551 e. The molecule has 0 amide bonds. The van der Waals surface area contributed by atoms with Crippen LogP contribution in [0.5, 0.6) is 0 Å². The molecule has 0 fully saturated rings. The molecule has 0 saturated heterocycles. The second-order valence-electron chi connectivity index (χ2n) is 3.80. The predicted octanol–water partition coefficient (Wildman–Crippen LogP) is 4.11. The highest BCUT2D eigenvalue weighted by molar-refractivity contribution is 7.98. The number of benzene rings is 2. The third-order valence-electron chi connectivity index (χ3n) is 2.70. The molecule has 2 aromatic rings. The highest BCUT2D eigenvalue weighted by atomic mass is 35.5. The molecule has 0 saturated carbocycles. The Morgan fingerprint density at radius 2 is 1.41 bits per heavy atom. The molecule has 1 unspecified atom stereocenters. The Labute approximate surface area is 111 Å². The first-order chi connectivity index (χ1) is 8.20. The molecular formula is C14H14ClNS. The normalized spacial score (nSPS) is 12.4. The van der Waals surface area contributed by atoms with Crippen molar-refractivity contribution in [2.75, 3.05) is 6.26 Å². The van der Waals surface area contributed by atoms with Gasteiger partial charge in [0.1, 0.15) is 0 Å². The van der Waals surface area contributed by atoms with Crippen molar-refractivity contribution < 1.29 is 0 Å². The van der Waals surface area contributed by atoms with Crippen LogP contribution in [-0.4, -0.2) is 6.26 Å². The van der Waals surface area contributed by atoms with Gasteiger partial charge in [0.25, 0.3) is 0 Å². The summed E-state index contributed by atoms with van der Waals surface area (Å²) < 4.78 is 0. The maximum absolute atomic E-state index is 6.21. The Morgan fingerprint density at radius 1 is 0.941 bits per heavy atom. The molecule has 0 bridgehead atoms. The van der Waals surface area contributed by atoms with Crippen LogP contribution in [0, 0.1) is 0 Å². The molecule has 2 rings (SSSR count). The summed E-state index contributed by atoms with van der Waals surface area (Å²) in [6.45, 7) is 0. The van der Waals surface area contributed by atoms with E-state index >= 15 is 0 Å². The third-order valence-corrected chi connectivity index (χ3v) is 3.70. The number of thioether (sulfide) groups is 1. The number of nitrogens with two attached hydrogens (primary N) is 1. The summed E-state index contributed by atoms with van der Waals surface area (Å²) in [6.07, 6.45) is 2.06. The van der Waals surface area contributed by atoms with Gasteiger partial charge in [0, 0.05) is 9.92 Å². The van der Waals surface area contributed by atoms with Gasteiger partial charge in [-0.25, -0.2) is 0 Å². The smallest absolute Gasteiger partial charge is 0.0551 e. The van der Waals surface area contributed by atoms with E-state index in [9.17, 15) is 0 Å². The largest absolute Gasteiger partial charge is 0.320 e. The molecule has 0 heterocycles. The van der Waals surface area contributed by atoms with Crippen LogP contribution in [-0.2, 0) is 0 Å². The minimum Gasteiger partial charge on any atom is -0.320 e. The molecule has 0 radical (unpaired) electrons. The summed E-state index contributed by atoms with van der Waals surface area (Å²) >= 11 is 7.59. The zero-order chi connectivity index (χ0) is 12.3. The summed E-state index contributed by atoms with van der Waals surface area (Å²) in [5.41, 5.74) is 8.40. The average Bonchev–Trinajstić information content (AvgIpc) is 2.39. The molecule has 1 nitrogen and oxygen atoms in total. The molecule has 0 aliphatic heterocycles. The van der Waals surface area contributed by atoms with Gasteiger partial charge in [0.2, 0.25) is 0 Å². The lowest BCUT2D eigenvalue weighted by Crippen LogP contribution is -2.11. The van der Waals surface area contributed by atoms with Crippen molar-refractivity contribution in [2.24, 2.45) is 5.73 Å². The van der Waals surface area contributed by atoms with Crippen molar-refractivity contribution in [3.8, 4) is 0 Å². The summed E-state index contributed by atoms with van der Waals surface area (Å²) in [5, 5.41) is 0.735. The fraction of sp³-hybridized carbons (Fsp3) is 0.143. The van der Waals surface area contributed by atoms with Crippen molar-refractivity contribution in [2.45, 2.75) is 10.9 Å². The van der Waals surface area contributed by atoms with Crippen molar-refractivity contribution in [1.29, 1.82) is 0 Å². The maximum atomic E-state index is 6.21. The molecule has 0 aliphatic carbocycles. The molecule has 1 atom stereocenters. The van der Waals surface area contributed by atoms with Gasteiger partial charge in [-0.3, -0.25) is 0 Å². The summed E-state index contributed by atoms with van der Waals surface area (Å²) in [6, 6.07) is 15.9. The van der Waals surface area contributed by atoms with E-state index in [2.05, 4.69) is 30.5 Å². The molecule has 2 aromatic carbocycles. The average molecular weight is 264 g/mol. The lowest BCUT2D eigenvalue weighted by Gasteiger charge is -2.13. The van der Waals surface area contributed by atoms with Crippen LogP contribution in [0.2, 0.25) is 5.02 Å². The quantitative estimate of drug-likeness (QED) is 0.844. The van der Waals surface area contributed by atoms with Crippen LogP contribution < -0.4 is 5.73 Å². The van der Waals surface area contributed by atoms with Gasteiger partial charge in [0.15, 0.2) is 0 Å². The van der Waals surface area contributed by atoms with Crippen LogP contribution in [0.3, 0.4) is 0 Å². The predicted molar refractivity (Wildman–Crippen MR) is 75.7 cm³/mol. The Kier molecular flexibility index (Phi) is 4.11. The summed E-state index contributed by atoms with van der Waals surface area (Å²) in [7, 11) is 0. The van der Waals surface area contributed by atoms with Crippen LogP contribution in [0.15, 0.2) is 53.4 Å². The van der Waals surface area contributed by atoms with Crippen molar-refractivity contribution in [3.63, 3.8) is 0 Å². The SMILES string of the molecule is CSc1ccc(C(N)c2ccc(Cl)cc2)cc1. The van der Waals surface area contributed by atoms with Gasteiger partial charge in [-0.05, 0) is 41.6 Å². The zero-order valence-electron chi connectivity index (χ0n) is 9.56. The molecule has 2 N–H and O–H groups in total. The lowest BCUT2D eigenvalue weighted by atomic mass is 10.00. The Bertz CT molecular complexity index is 479. The van der Waals surface area contributed by atoms with E-state index in [1.54, 1.807) is 11.8 Å². The van der Waals surface area contributed by atoms with Gasteiger partial charge >= 0.3 is 0 Å². The van der Waals surface area contributed by atoms with E-state index in [0.717, 1.165) is 16.1 Å². The molecule has 88 valence electrons. The first-order valence-corrected chi connectivity index (χ1v) is 6.96. The summed E-state index contributed by atoms with van der Waals surface area (Å²) in [4.78, 5) is 1.25. The van der Waals surface area contributed by atoms with Crippen molar-refractivity contribution in [3.05, 3.63) is 64.7 Å². The Hall–Kier alpha value is -0.960. The third kappa shape index (κ3) is 3.03. The molecule has 3 heteroatoms. The van der Waals surface area contributed by atoms with Crippen molar-refractivity contribution in [1.82, 2.24) is 0 Å². The first-order valence-electron chi connectivity index (χ1n) is 5.35. The summed E-state index contributed by atoms with van der Waals surface area (Å²) in [5.74, 6) is 0. The monoisotopic (exact) mass is 263 g/mol. The van der Waals surface area contributed by atoms with Gasteiger partial charge < -0.3 is 5.73 Å². The standard InChI is InChI=1S/C14H14ClNS/c1-17-13-8-4-11(5-9-13)14(16)10-2-6-12(15)7-3-10/h2-9,14H,16H2,1H3. The van der Waals surface area contributed by atoms with Gasteiger partial charge in [-0.15, -0.1) is 11.8 Å². The van der Waals surface area contributed by atoms with Gasteiger partial charge in [0.05, 0.1) is 6.04 Å². The Morgan fingerprint density at radius 3 is 1.88 bits per heavy atom. The minimum absolute atomic E-state index is 0.0943. The number of rotatable bonds is 3. The van der Waals surface area contributed by atoms with Gasteiger partial charge in [-0.1, -0.05) is 35.9 Å². The number of hydrogen-bond acceptors (Lipinski definition) is 2.